The SMILES string of the molecule is CCOc1ccccc1OC(COC)C(=O)NN. The highest BCUT2D eigenvalue weighted by Gasteiger charge is 2.20. The van der Waals surface area contributed by atoms with Crippen LogP contribution in [0.25, 0.3) is 0 Å². The van der Waals surface area contributed by atoms with Gasteiger partial charge >= 0.3 is 0 Å². The van der Waals surface area contributed by atoms with Crippen molar-refractivity contribution in [2.75, 3.05) is 20.3 Å². The van der Waals surface area contributed by atoms with Crippen LogP contribution in [-0.4, -0.2) is 32.3 Å². The molecule has 6 heteroatoms. The van der Waals surface area contributed by atoms with Gasteiger partial charge in [0.1, 0.15) is 0 Å². The van der Waals surface area contributed by atoms with Crippen LogP contribution in [0.5, 0.6) is 11.5 Å². The maximum atomic E-state index is 11.5. The number of carbonyl (C=O) groups excluding carboxylic acids is 1. The van der Waals surface area contributed by atoms with Gasteiger partial charge < -0.3 is 14.2 Å². The number of methoxy groups -OCH3 is 1. The summed E-state index contributed by atoms with van der Waals surface area (Å²) in [5, 5.41) is 0. The number of para-hydroxylation sites is 2. The Morgan fingerprint density at radius 2 is 2.06 bits per heavy atom. The van der Waals surface area contributed by atoms with E-state index in [1.54, 1.807) is 18.2 Å². The summed E-state index contributed by atoms with van der Waals surface area (Å²) in [5.41, 5.74) is 2.04. The van der Waals surface area contributed by atoms with E-state index in [9.17, 15) is 4.79 Å². The molecule has 1 unspecified atom stereocenters. The summed E-state index contributed by atoms with van der Waals surface area (Å²) in [6.07, 6.45) is -0.818. The third-order valence-electron chi connectivity index (χ3n) is 2.17. The van der Waals surface area contributed by atoms with Gasteiger partial charge in [-0.25, -0.2) is 5.84 Å². The van der Waals surface area contributed by atoms with Crippen molar-refractivity contribution < 1.29 is 19.0 Å². The van der Waals surface area contributed by atoms with E-state index in [1.807, 2.05) is 18.4 Å². The quantitative estimate of drug-likeness (QED) is 0.420. The Morgan fingerprint density at radius 3 is 2.61 bits per heavy atom. The number of carbonyl (C=O) groups is 1. The monoisotopic (exact) mass is 254 g/mol. The lowest BCUT2D eigenvalue weighted by molar-refractivity contribution is -0.130. The summed E-state index contributed by atoms with van der Waals surface area (Å²) in [6.45, 7) is 2.48. The van der Waals surface area contributed by atoms with Gasteiger partial charge in [-0.05, 0) is 19.1 Å². The van der Waals surface area contributed by atoms with Gasteiger partial charge in [0.25, 0.3) is 5.91 Å². The first-order valence-corrected chi connectivity index (χ1v) is 5.60. The van der Waals surface area contributed by atoms with Crippen LogP contribution in [0.4, 0.5) is 0 Å². The number of rotatable bonds is 7. The molecule has 100 valence electrons. The zero-order valence-corrected chi connectivity index (χ0v) is 10.5. The van der Waals surface area contributed by atoms with Crippen molar-refractivity contribution in [1.82, 2.24) is 5.43 Å². The van der Waals surface area contributed by atoms with Crippen molar-refractivity contribution in [3.05, 3.63) is 24.3 Å². The lowest BCUT2D eigenvalue weighted by atomic mass is 10.3. The molecule has 1 aromatic rings. The summed E-state index contributed by atoms with van der Waals surface area (Å²) < 4.78 is 15.9. The molecule has 0 aliphatic rings. The van der Waals surface area contributed by atoms with Gasteiger partial charge in [-0.1, -0.05) is 12.1 Å². The van der Waals surface area contributed by atoms with Gasteiger partial charge in [-0.2, -0.15) is 0 Å². The topological polar surface area (TPSA) is 82.8 Å². The maximum Gasteiger partial charge on any atom is 0.277 e. The molecule has 1 rings (SSSR count). The number of benzene rings is 1. The fourth-order valence-corrected chi connectivity index (χ4v) is 1.38. The molecule has 1 aromatic carbocycles. The Bertz CT molecular complexity index is 384. The van der Waals surface area contributed by atoms with Crippen molar-refractivity contribution in [3.8, 4) is 11.5 Å². The smallest absolute Gasteiger partial charge is 0.277 e. The Balaban J connectivity index is 2.82. The van der Waals surface area contributed by atoms with E-state index in [1.165, 1.54) is 7.11 Å². The number of hydrazine groups is 1. The van der Waals surface area contributed by atoms with E-state index in [0.29, 0.717) is 18.1 Å². The lowest BCUT2D eigenvalue weighted by Crippen LogP contribution is -2.44. The predicted octanol–water partition coefficient (Wildman–Crippen LogP) is 0.469. The van der Waals surface area contributed by atoms with Crippen LogP contribution >= 0.6 is 0 Å². The van der Waals surface area contributed by atoms with Gasteiger partial charge in [-0.3, -0.25) is 10.2 Å². The number of nitrogens with two attached hydrogens (primary N) is 1. The van der Waals surface area contributed by atoms with Crippen LogP contribution in [0.3, 0.4) is 0 Å². The van der Waals surface area contributed by atoms with Crippen LogP contribution in [0.2, 0.25) is 0 Å². The van der Waals surface area contributed by atoms with Crippen LogP contribution in [0.15, 0.2) is 24.3 Å². The number of hydrogen-bond acceptors (Lipinski definition) is 5. The maximum absolute atomic E-state index is 11.5. The molecular formula is C12H18N2O4. The number of hydrogen-bond donors (Lipinski definition) is 2. The molecule has 1 amide bonds. The Morgan fingerprint density at radius 1 is 1.39 bits per heavy atom. The number of nitrogens with one attached hydrogen (secondary N) is 1. The summed E-state index contributed by atoms with van der Waals surface area (Å²) >= 11 is 0. The Hall–Kier alpha value is -1.79. The molecule has 0 aromatic heterocycles. The van der Waals surface area contributed by atoms with E-state index in [-0.39, 0.29) is 6.61 Å². The molecule has 0 saturated carbocycles. The van der Waals surface area contributed by atoms with E-state index in [0.717, 1.165) is 0 Å². The summed E-state index contributed by atoms with van der Waals surface area (Å²) in [7, 11) is 1.48. The largest absolute Gasteiger partial charge is 0.490 e. The molecule has 0 aliphatic heterocycles. The summed E-state index contributed by atoms with van der Waals surface area (Å²) in [4.78, 5) is 11.5. The second kappa shape index (κ2) is 7.52. The van der Waals surface area contributed by atoms with E-state index in [2.05, 4.69) is 0 Å². The summed E-state index contributed by atoms with van der Waals surface area (Å²) in [5.74, 6) is 5.68. The summed E-state index contributed by atoms with van der Waals surface area (Å²) in [6, 6.07) is 7.11. The zero-order valence-electron chi connectivity index (χ0n) is 10.5. The molecular weight excluding hydrogens is 236 g/mol. The lowest BCUT2D eigenvalue weighted by Gasteiger charge is -2.18. The molecule has 3 N–H and O–H groups in total. The minimum absolute atomic E-state index is 0.101. The van der Waals surface area contributed by atoms with Crippen molar-refractivity contribution in [2.45, 2.75) is 13.0 Å². The number of ether oxygens (including phenoxy) is 3. The standard InChI is InChI=1S/C12H18N2O4/c1-3-17-9-6-4-5-7-10(9)18-11(8-16-2)12(15)14-13/h4-7,11H,3,8,13H2,1-2H3,(H,14,15). The van der Waals surface area contributed by atoms with Gasteiger partial charge in [-0.15, -0.1) is 0 Å². The fourth-order valence-electron chi connectivity index (χ4n) is 1.38. The highest BCUT2D eigenvalue weighted by Crippen LogP contribution is 2.27. The second-order valence-electron chi connectivity index (χ2n) is 3.45. The van der Waals surface area contributed by atoms with E-state index in [4.69, 9.17) is 20.1 Å². The number of amides is 1. The minimum Gasteiger partial charge on any atom is -0.490 e. The van der Waals surface area contributed by atoms with Crippen LogP contribution in [0, 0.1) is 0 Å². The molecule has 0 heterocycles. The van der Waals surface area contributed by atoms with Crippen molar-refractivity contribution in [2.24, 2.45) is 5.84 Å². The Kier molecular flexibility index (Phi) is 5.96. The molecule has 0 saturated heterocycles. The van der Waals surface area contributed by atoms with Crippen molar-refractivity contribution >= 4 is 5.91 Å². The minimum atomic E-state index is -0.818. The highest BCUT2D eigenvalue weighted by molar-refractivity contribution is 5.80. The first-order valence-electron chi connectivity index (χ1n) is 5.60. The molecule has 0 fully saturated rings. The van der Waals surface area contributed by atoms with Crippen LogP contribution < -0.4 is 20.7 Å². The van der Waals surface area contributed by atoms with Crippen molar-refractivity contribution in [3.63, 3.8) is 0 Å². The average Bonchev–Trinajstić information content (AvgIpc) is 2.39. The predicted molar refractivity (Wildman–Crippen MR) is 66.2 cm³/mol. The van der Waals surface area contributed by atoms with Gasteiger partial charge in [0.05, 0.1) is 13.2 Å². The average molecular weight is 254 g/mol. The van der Waals surface area contributed by atoms with Crippen LogP contribution in [0.1, 0.15) is 6.92 Å². The molecule has 0 bridgehead atoms. The third-order valence-corrected chi connectivity index (χ3v) is 2.17. The molecule has 0 spiro atoms. The molecule has 0 aliphatic carbocycles. The highest BCUT2D eigenvalue weighted by atomic mass is 16.5. The molecule has 1 atom stereocenters. The molecule has 18 heavy (non-hydrogen) atoms. The fraction of sp³-hybridized carbons (Fsp3) is 0.417. The van der Waals surface area contributed by atoms with E-state index >= 15 is 0 Å². The zero-order chi connectivity index (χ0) is 13.4. The second-order valence-corrected chi connectivity index (χ2v) is 3.45. The third kappa shape index (κ3) is 3.90. The van der Waals surface area contributed by atoms with Crippen molar-refractivity contribution in [1.29, 1.82) is 0 Å². The van der Waals surface area contributed by atoms with Gasteiger partial charge in [0, 0.05) is 7.11 Å². The van der Waals surface area contributed by atoms with Gasteiger partial charge in [0.15, 0.2) is 11.5 Å². The first-order chi connectivity index (χ1) is 8.72. The van der Waals surface area contributed by atoms with Crippen LogP contribution in [-0.2, 0) is 9.53 Å². The first kappa shape index (κ1) is 14.3. The molecule has 0 radical (unpaired) electrons. The van der Waals surface area contributed by atoms with E-state index < -0.39 is 12.0 Å². The Labute approximate surface area is 106 Å². The van der Waals surface area contributed by atoms with Gasteiger partial charge in [0.2, 0.25) is 6.10 Å². The molecule has 6 nitrogen and oxygen atoms in total. The normalized spacial score (nSPS) is 11.7.